The summed E-state index contributed by atoms with van der Waals surface area (Å²) < 4.78 is 31.2. The topological polar surface area (TPSA) is 54.9 Å². The zero-order valence-corrected chi connectivity index (χ0v) is 9.16. The fourth-order valence-electron chi connectivity index (χ4n) is 1.46. The molecule has 2 heterocycles. The van der Waals surface area contributed by atoms with Crippen LogP contribution in [0.1, 0.15) is 24.2 Å². The molecule has 1 aromatic heterocycles. The zero-order valence-electron chi connectivity index (χ0n) is 9.16. The lowest BCUT2D eigenvalue weighted by Gasteiger charge is -2.21. The fraction of sp³-hybridized carbons (Fsp3) is 0.500. The van der Waals surface area contributed by atoms with E-state index in [1.807, 2.05) is 0 Å². The van der Waals surface area contributed by atoms with Crippen molar-refractivity contribution in [2.24, 2.45) is 0 Å². The van der Waals surface area contributed by atoms with Gasteiger partial charge < -0.3 is 5.32 Å². The normalized spacial score (nSPS) is 18.7. The predicted molar refractivity (Wildman–Crippen MR) is 54.3 cm³/mol. The highest BCUT2D eigenvalue weighted by atomic mass is 19.4. The second-order valence-corrected chi connectivity index (χ2v) is 3.53. The Labute approximate surface area is 96.2 Å². The van der Waals surface area contributed by atoms with Gasteiger partial charge in [0, 0.05) is 12.2 Å². The maximum absolute atomic E-state index is 10.4. The minimum Gasteiger partial charge on any atom is -0.308 e. The van der Waals surface area contributed by atoms with Gasteiger partial charge in [-0.25, -0.2) is 0 Å². The van der Waals surface area contributed by atoms with E-state index in [-0.39, 0.29) is 0 Å². The second kappa shape index (κ2) is 5.72. The molecule has 0 saturated carbocycles. The molecule has 0 saturated heterocycles. The fourth-order valence-corrected chi connectivity index (χ4v) is 1.46. The lowest BCUT2D eigenvalue weighted by atomic mass is 10.0. The molecule has 1 atom stereocenters. The summed E-state index contributed by atoms with van der Waals surface area (Å²) >= 11 is 0. The van der Waals surface area contributed by atoms with Gasteiger partial charge in [0.2, 0.25) is 6.29 Å². The average molecular weight is 247 g/mol. The SMILES string of the molecule is CC1NCCc2ccnnc21.O=CC(F)(F)F. The molecule has 4 nitrogen and oxygen atoms in total. The molecule has 0 aromatic carbocycles. The standard InChI is InChI=1S/C8H11N3.C2HF3O/c1-6-8-7(2-4-9-6)3-5-10-11-8;3-2(4,5)1-6/h3,5-6,9H,2,4H2,1H3;1H. The number of rotatable bonds is 0. The Morgan fingerprint density at radius 1 is 1.53 bits per heavy atom. The van der Waals surface area contributed by atoms with Crippen molar-refractivity contribution in [3.63, 3.8) is 0 Å². The van der Waals surface area contributed by atoms with Crippen molar-refractivity contribution in [1.29, 1.82) is 0 Å². The van der Waals surface area contributed by atoms with Crippen molar-refractivity contribution in [2.75, 3.05) is 6.54 Å². The first-order chi connectivity index (χ1) is 7.94. The summed E-state index contributed by atoms with van der Waals surface area (Å²) in [6, 6.07) is 2.42. The number of aromatic nitrogens is 2. The lowest BCUT2D eigenvalue weighted by molar-refractivity contribution is -0.156. The summed E-state index contributed by atoms with van der Waals surface area (Å²) in [6.07, 6.45) is -2.86. The number of fused-ring (bicyclic) bond motifs is 1. The van der Waals surface area contributed by atoms with Crippen LogP contribution in [-0.2, 0) is 11.2 Å². The van der Waals surface area contributed by atoms with Crippen LogP contribution in [0.15, 0.2) is 12.3 Å². The van der Waals surface area contributed by atoms with Crippen LogP contribution >= 0.6 is 0 Å². The van der Waals surface area contributed by atoms with Crippen molar-refractivity contribution in [1.82, 2.24) is 15.5 Å². The molecular formula is C10H12F3N3O. The number of aldehydes is 1. The van der Waals surface area contributed by atoms with E-state index in [1.54, 1.807) is 6.20 Å². The van der Waals surface area contributed by atoms with E-state index in [4.69, 9.17) is 4.79 Å². The molecular weight excluding hydrogens is 235 g/mol. The predicted octanol–water partition coefficient (Wildman–Crippen LogP) is 1.43. The molecule has 1 unspecified atom stereocenters. The van der Waals surface area contributed by atoms with Gasteiger partial charge in [0.25, 0.3) is 0 Å². The van der Waals surface area contributed by atoms with Gasteiger partial charge in [0.05, 0.1) is 5.69 Å². The Bertz CT molecular complexity index is 381. The molecule has 0 spiro atoms. The van der Waals surface area contributed by atoms with Crippen LogP contribution < -0.4 is 5.32 Å². The van der Waals surface area contributed by atoms with Gasteiger partial charge in [0.15, 0.2) is 0 Å². The smallest absolute Gasteiger partial charge is 0.308 e. The molecule has 0 bridgehead atoms. The molecule has 1 N–H and O–H groups in total. The molecule has 0 amide bonds. The number of hydrogen-bond donors (Lipinski definition) is 1. The molecule has 1 aliphatic heterocycles. The third kappa shape index (κ3) is 4.48. The van der Waals surface area contributed by atoms with Crippen LogP contribution in [0.3, 0.4) is 0 Å². The number of carbonyl (C=O) groups is 1. The van der Waals surface area contributed by atoms with E-state index >= 15 is 0 Å². The van der Waals surface area contributed by atoms with Crippen LogP contribution in [0.25, 0.3) is 0 Å². The summed E-state index contributed by atoms with van der Waals surface area (Å²) in [5.74, 6) is 0. The average Bonchev–Trinajstić information content (AvgIpc) is 2.30. The van der Waals surface area contributed by atoms with Crippen LogP contribution in [0, 0.1) is 0 Å². The number of halogens is 3. The van der Waals surface area contributed by atoms with Gasteiger partial charge in [0.1, 0.15) is 0 Å². The number of nitrogens with one attached hydrogen (secondary N) is 1. The quantitative estimate of drug-likeness (QED) is 0.705. The minimum absolute atomic E-state index is 0.368. The van der Waals surface area contributed by atoms with Crippen LogP contribution in [0.2, 0.25) is 0 Å². The molecule has 1 aliphatic rings. The van der Waals surface area contributed by atoms with Crippen molar-refractivity contribution >= 4 is 6.29 Å². The van der Waals surface area contributed by atoms with Crippen LogP contribution in [0.4, 0.5) is 13.2 Å². The van der Waals surface area contributed by atoms with Gasteiger partial charge in [-0.1, -0.05) is 0 Å². The summed E-state index contributed by atoms with van der Waals surface area (Å²) in [5.41, 5.74) is 2.45. The van der Waals surface area contributed by atoms with E-state index in [0.717, 1.165) is 18.7 Å². The Morgan fingerprint density at radius 2 is 2.18 bits per heavy atom. The summed E-state index contributed by atoms with van der Waals surface area (Å²) in [6.45, 7) is 3.17. The van der Waals surface area contributed by atoms with Crippen LogP contribution in [-0.4, -0.2) is 29.2 Å². The molecule has 2 rings (SSSR count). The highest BCUT2D eigenvalue weighted by Gasteiger charge is 2.24. The second-order valence-electron chi connectivity index (χ2n) is 3.53. The van der Waals surface area contributed by atoms with Gasteiger partial charge in [-0.05, 0) is 31.5 Å². The summed E-state index contributed by atoms with van der Waals surface area (Å²) in [4.78, 5) is 8.70. The molecule has 0 fully saturated rings. The molecule has 0 aliphatic carbocycles. The zero-order chi connectivity index (χ0) is 12.9. The molecule has 17 heavy (non-hydrogen) atoms. The number of alkyl halides is 3. The first-order valence-electron chi connectivity index (χ1n) is 5.01. The van der Waals surface area contributed by atoms with Gasteiger partial charge in [-0.15, -0.1) is 0 Å². The van der Waals surface area contributed by atoms with E-state index in [2.05, 4.69) is 28.5 Å². The Kier molecular flexibility index (Phi) is 4.56. The van der Waals surface area contributed by atoms with E-state index in [1.165, 1.54) is 5.56 Å². The third-order valence-corrected chi connectivity index (χ3v) is 2.23. The van der Waals surface area contributed by atoms with Gasteiger partial charge >= 0.3 is 6.18 Å². The van der Waals surface area contributed by atoms with Gasteiger partial charge in [-0.3, -0.25) is 4.79 Å². The van der Waals surface area contributed by atoms with E-state index in [0.29, 0.717) is 6.04 Å². The maximum atomic E-state index is 10.4. The van der Waals surface area contributed by atoms with Crippen molar-refractivity contribution < 1.29 is 18.0 Å². The summed E-state index contributed by atoms with van der Waals surface area (Å²) in [5, 5.41) is 11.3. The molecule has 94 valence electrons. The number of hydrogen-bond acceptors (Lipinski definition) is 4. The lowest BCUT2D eigenvalue weighted by Crippen LogP contribution is -2.28. The largest absolute Gasteiger partial charge is 0.446 e. The molecule has 0 radical (unpaired) electrons. The molecule has 7 heteroatoms. The van der Waals surface area contributed by atoms with Crippen molar-refractivity contribution in [3.8, 4) is 0 Å². The first-order valence-corrected chi connectivity index (χ1v) is 5.01. The van der Waals surface area contributed by atoms with Gasteiger partial charge in [-0.2, -0.15) is 23.4 Å². The highest BCUT2D eigenvalue weighted by Crippen LogP contribution is 2.17. The van der Waals surface area contributed by atoms with E-state index < -0.39 is 12.5 Å². The Hall–Kier alpha value is -1.50. The maximum Gasteiger partial charge on any atom is 0.446 e. The number of carbonyl (C=O) groups excluding carboxylic acids is 1. The molecule has 1 aromatic rings. The van der Waals surface area contributed by atoms with Crippen molar-refractivity contribution in [2.45, 2.75) is 25.6 Å². The first kappa shape index (κ1) is 13.6. The van der Waals surface area contributed by atoms with Crippen LogP contribution in [0.5, 0.6) is 0 Å². The highest BCUT2D eigenvalue weighted by molar-refractivity contribution is 5.56. The Morgan fingerprint density at radius 3 is 2.71 bits per heavy atom. The van der Waals surface area contributed by atoms with E-state index in [9.17, 15) is 13.2 Å². The Balaban J connectivity index is 0.000000209. The third-order valence-electron chi connectivity index (χ3n) is 2.23. The number of nitrogens with zero attached hydrogens (tertiary/aromatic N) is 2. The van der Waals surface area contributed by atoms with Crippen molar-refractivity contribution in [3.05, 3.63) is 23.5 Å². The monoisotopic (exact) mass is 247 g/mol. The minimum atomic E-state index is -4.64. The summed E-state index contributed by atoms with van der Waals surface area (Å²) in [7, 11) is 0.